The van der Waals surface area contributed by atoms with E-state index < -0.39 is 5.60 Å². The quantitative estimate of drug-likeness (QED) is 0.516. The number of H-pyrrole nitrogens is 1. The highest BCUT2D eigenvalue weighted by Crippen LogP contribution is 2.25. The molecule has 7 nitrogen and oxygen atoms in total. The third-order valence-corrected chi connectivity index (χ3v) is 3.07. The molecule has 0 aliphatic carbocycles. The molecule has 0 saturated heterocycles. The first kappa shape index (κ1) is 14.6. The summed E-state index contributed by atoms with van der Waals surface area (Å²) in [6, 6.07) is 0. The van der Waals surface area contributed by atoms with Crippen LogP contribution >= 0.6 is 11.8 Å². The summed E-state index contributed by atoms with van der Waals surface area (Å²) in [5.74, 6) is 0.541. The van der Waals surface area contributed by atoms with E-state index in [0.717, 1.165) is 18.0 Å². The molecule has 20 heavy (non-hydrogen) atoms. The first-order valence-electron chi connectivity index (χ1n) is 6.04. The molecule has 0 fully saturated rings. The fourth-order valence-electron chi connectivity index (χ4n) is 1.59. The smallest absolute Gasteiger partial charge is 0.293 e. The van der Waals surface area contributed by atoms with E-state index in [0.29, 0.717) is 16.6 Å². The summed E-state index contributed by atoms with van der Waals surface area (Å²) in [6.45, 7) is 5.67. The molecule has 2 aromatic heterocycles. The average Bonchev–Trinajstić information content (AvgIpc) is 2.62. The number of hydrogen-bond acceptors (Lipinski definition) is 6. The number of carbonyl (C=O) groups excluding carboxylic acids is 1. The van der Waals surface area contributed by atoms with Gasteiger partial charge in [-0.05, 0) is 20.8 Å². The maximum absolute atomic E-state index is 12.0. The Balaban J connectivity index is 2.60. The van der Waals surface area contributed by atoms with E-state index in [-0.39, 0.29) is 16.8 Å². The molecular formula is C12H16N4O3S. The van der Waals surface area contributed by atoms with Crippen molar-refractivity contribution in [2.45, 2.75) is 31.5 Å². The van der Waals surface area contributed by atoms with E-state index in [1.165, 1.54) is 4.68 Å². The van der Waals surface area contributed by atoms with Crippen LogP contribution in [0.3, 0.4) is 0 Å². The Kier molecular flexibility index (Phi) is 3.85. The molecule has 1 N–H and O–H groups in total. The van der Waals surface area contributed by atoms with E-state index in [1.54, 1.807) is 7.05 Å². The second kappa shape index (κ2) is 5.28. The molecule has 0 bridgehead atoms. The second-order valence-corrected chi connectivity index (χ2v) is 6.19. The lowest BCUT2D eigenvalue weighted by atomic mass is 10.2. The van der Waals surface area contributed by atoms with Crippen molar-refractivity contribution in [3.05, 3.63) is 10.4 Å². The van der Waals surface area contributed by atoms with Crippen molar-refractivity contribution in [3.8, 4) is 5.88 Å². The first-order chi connectivity index (χ1) is 9.31. The van der Waals surface area contributed by atoms with Gasteiger partial charge in [0.15, 0.2) is 10.7 Å². The Labute approximate surface area is 119 Å². The molecule has 0 spiro atoms. The number of aromatic amines is 1. The highest BCUT2D eigenvalue weighted by Gasteiger charge is 2.20. The van der Waals surface area contributed by atoms with Gasteiger partial charge in [-0.3, -0.25) is 14.6 Å². The maximum Gasteiger partial charge on any atom is 0.293 e. The summed E-state index contributed by atoms with van der Waals surface area (Å²) < 4.78 is 7.09. The van der Waals surface area contributed by atoms with E-state index in [2.05, 4.69) is 15.1 Å². The van der Waals surface area contributed by atoms with E-state index >= 15 is 0 Å². The lowest BCUT2D eigenvalue weighted by molar-refractivity contribution is -0.105. The first-order valence-corrected chi connectivity index (χ1v) is 7.02. The molecule has 108 valence electrons. The number of carbonyl (C=O) groups is 1. The third kappa shape index (κ3) is 3.01. The summed E-state index contributed by atoms with van der Waals surface area (Å²) in [4.78, 5) is 30.9. The van der Waals surface area contributed by atoms with Crippen LogP contribution in [-0.4, -0.2) is 37.4 Å². The van der Waals surface area contributed by atoms with Gasteiger partial charge in [0.1, 0.15) is 17.4 Å². The number of aryl methyl sites for hydroxylation is 1. The standard InChI is InChI=1S/C12H16N4O3S/c1-12(2,3)19-9-7-8(10(18)16(4)15-7)13-11(14-9)20-6-5-17/h5,15H,6H2,1-4H3. The molecule has 2 rings (SSSR count). The molecule has 2 aromatic rings. The molecule has 0 radical (unpaired) electrons. The monoisotopic (exact) mass is 296 g/mol. The van der Waals surface area contributed by atoms with Crippen molar-refractivity contribution >= 4 is 29.1 Å². The number of rotatable bonds is 4. The van der Waals surface area contributed by atoms with E-state index in [9.17, 15) is 9.59 Å². The van der Waals surface area contributed by atoms with Crippen molar-refractivity contribution in [1.29, 1.82) is 0 Å². The molecule has 0 aliphatic rings. The minimum Gasteiger partial charge on any atom is -0.470 e. The van der Waals surface area contributed by atoms with Gasteiger partial charge in [-0.25, -0.2) is 4.98 Å². The Morgan fingerprint density at radius 3 is 2.70 bits per heavy atom. The van der Waals surface area contributed by atoms with Gasteiger partial charge in [0.25, 0.3) is 5.56 Å². The van der Waals surface area contributed by atoms with Gasteiger partial charge in [0, 0.05) is 7.05 Å². The molecule has 0 saturated carbocycles. The average molecular weight is 296 g/mol. The number of nitrogens with one attached hydrogen (secondary N) is 1. The van der Waals surface area contributed by atoms with E-state index in [4.69, 9.17) is 4.74 Å². The largest absolute Gasteiger partial charge is 0.470 e. The van der Waals surface area contributed by atoms with Crippen LogP contribution in [0.25, 0.3) is 11.0 Å². The molecule has 2 heterocycles. The topological polar surface area (TPSA) is 89.9 Å². The number of aldehydes is 1. The van der Waals surface area contributed by atoms with Gasteiger partial charge >= 0.3 is 0 Å². The zero-order valence-electron chi connectivity index (χ0n) is 11.8. The zero-order valence-corrected chi connectivity index (χ0v) is 12.6. The Bertz CT molecular complexity index is 699. The number of aromatic nitrogens is 4. The third-order valence-electron chi connectivity index (χ3n) is 2.33. The van der Waals surface area contributed by atoms with Gasteiger partial charge in [-0.1, -0.05) is 11.8 Å². The van der Waals surface area contributed by atoms with Crippen LogP contribution in [0.4, 0.5) is 0 Å². The summed E-state index contributed by atoms with van der Waals surface area (Å²) in [6.07, 6.45) is 0.762. The highest BCUT2D eigenvalue weighted by atomic mass is 32.2. The Hall–Kier alpha value is -1.83. The Morgan fingerprint density at radius 1 is 1.40 bits per heavy atom. The summed E-state index contributed by atoms with van der Waals surface area (Å²) in [7, 11) is 1.60. The number of hydrogen-bond donors (Lipinski definition) is 1. The fourth-order valence-corrected chi connectivity index (χ4v) is 2.11. The summed E-state index contributed by atoms with van der Waals surface area (Å²) >= 11 is 1.16. The van der Waals surface area contributed by atoms with Crippen molar-refractivity contribution in [3.63, 3.8) is 0 Å². The molecule has 0 atom stereocenters. The van der Waals surface area contributed by atoms with Crippen molar-refractivity contribution in [2.75, 3.05) is 5.75 Å². The maximum atomic E-state index is 12.0. The minimum absolute atomic E-state index is 0.227. The number of nitrogens with zero attached hydrogens (tertiary/aromatic N) is 3. The molecule has 8 heteroatoms. The normalized spacial score (nSPS) is 11.8. The lowest BCUT2D eigenvalue weighted by Crippen LogP contribution is -2.24. The Morgan fingerprint density at radius 2 is 2.10 bits per heavy atom. The van der Waals surface area contributed by atoms with Crippen LogP contribution in [0, 0.1) is 0 Å². The van der Waals surface area contributed by atoms with Gasteiger partial charge in [0.05, 0.1) is 5.75 Å². The van der Waals surface area contributed by atoms with Crippen LogP contribution in [-0.2, 0) is 11.8 Å². The zero-order chi connectivity index (χ0) is 14.9. The highest BCUT2D eigenvalue weighted by molar-refractivity contribution is 7.99. The second-order valence-electron chi connectivity index (χ2n) is 5.20. The van der Waals surface area contributed by atoms with Crippen LogP contribution in [0.15, 0.2) is 9.95 Å². The van der Waals surface area contributed by atoms with Gasteiger partial charge in [0.2, 0.25) is 5.88 Å². The number of thioether (sulfide) groups is 1. The fraction of sp³-hybridized carbons (Fsp3) is 0.500. The van der Waals surface area contributed by atoms with Crippen LogP contribution < -0.4 is 10.3 Å². The van der Waals surface area contributed by atoms with Gasteiger partial charge in [-0.15, -0.1) is 0 Å². The van der Waals surface area contributed by atoms with Gasteiger partial charge < -0.3 is 9.53 Å². The summed E-state index contributed by atoms with van der Waals surface area (Å²) in [5.41, 5.74) is 0.00721. The summed E-state index contributed by atoms with van der Waals surface area (Å²) in [5, 5.41) is 3.22. The molecule has 0 unspecified atom stereocenters. The SMILES string of the molecule is Cn1[nH]c2c(OC(C)(C)C)nc(SCC=O)nc2c1=O. The number of fused-ring (bicyclic) bond motifs is 1. The predicted molar refractivity (Wildman–Crippen MR) is 76.3 cm³/mol. The van der Waals surface area contributed by atoms with Crippen molar-refractivity contribution < 1.29 is 9.53 Å². The van der Waals surface area contributed by atoms with Gasteiger partial charge in [-0.2, -0.15) is 4.98 Å². The van der Waals surface area contributed by atoms with Crippen molar-refractivity contribution in [1.82, 2.24) is 19.7 Å². The van der Waals surface area contributed by atoms with Crippen LogP contribution in [0.5, 0.6) is 5.88 Å². The molecular weight excluding hydrogens is 280 g/mol. The van der Waals surface area contributed by atoms with Crippen molar-refractivity contribution in [2.24, 2.45) is 7.05 Å². The number of ether oxygens (including phenoxy) is 1. The predicted octanol–water partition coefficient (Wildman–Crippen LogP) is 1.12. The van der Waals surface area contributed by atoms with Crippen LogP contribution in [0.2, 0.25) is 0 Å². The van der Waals surface area contributed by atoms with Crippen LogP contribution in [0.1, 0.15) is 20.8 Å². The molecule has 0 amide bonds. The molecule has 0 aliphatic heterocycles. The molecule has 0 aromatic carbocycles. The van der Waals surface area contributed by atoms with E-state index in [1.807, 2.05) is 20.8 Å². The minimum atomic E-state index is -0.458. The lowest BCUT2D eigenvalue weighted by Gasteiger charge is -2.20.